The molecule has 0 radical (unpaired) electrons. The fourth-order valence-corrected chi connectivity index (χ4v) is 6.25. The third-order valence-corrected chi connectivity index (χ3v) is 8.35. The molecule has 4 nitrogen and oxygen atoms in total. The summed E-state index contributed by atoms with van der Waals surface area (Å²) in [5.74, 6) is 2.85. The van der Waals surface area contributed by atoms with Crippen molar-refractivity contribution >= 4 is 10.8 Å². The second-order valence-corrected chi connectivity index (χ2v) is 11.6. The van der Waals surface area contributed by atoms with Crippen LogP contribution in [-0.4, -0.2) is 15.0 Å². The maximum atomic E-state index is 6.69. The van der Waals surface area contributed by atoms with Gasteiger partial charge in [0.15, 0.2) is 17.5 Å². The highest BCUT2D eigenvalue weighted by Gasteiger charge is 2.34. The van der Waals surface area contributed by atoms with E-state index in [4.69, 9.17) is 19.7 Å². The Morgan fingerprint density at radius 3 is 1.61 bits per heavy atom. The van der Waals surface area contributed by atoms with Crippen molar-refractivity contribution in [2.24, 2.45) is 0 Å². The van der Waals surface area contributed by atoms with Crippen molar-refractivity contribution in [1.29, 1.82) is 0 Å². The summed E-state index contributed by atoms with van der Waals surface area (Å²) in [6, 6.07) is 48.0. The van der Waals surface area contributed by atoms with Crippen molar-refractivity contribution in [1.82, 2.24) is 15.0 Å². The molecule has 0 amide bonds. The van der Waals surface area contributed by atoms with E-state index in [1.54, 1.807) is 0 Å². The molecule has 6 aromatic carbocycles. The Labute approximate surface area is 256 Å². The van der Waals surface area contributed by atoms with Crippen LogP contribution in [0.2, 0.25) is 0 Å². The highest BCUT2D eigenvalue weighted by molar-refractivity contribution is 6.07. The summed E-state index contributed by atoms with van der Waals surface area (Å²) in [5, 5.41) is 2.34. The van der Waals surface area contributed by atoms with Gasteiger partial charge in [0.25, 0.3) is 0 Å². The van der Waals surface area contributed by atoms with E-state index in [0.29, 0.717) is 17.5 Å². The quantitative estimate of drug-likeness (QED) is 0.212. The van der Waals surface area contributed by atoms with Crippen LogP contribution in [0.4, 0.5) is 0 Å². The number of ether oxygens (including phenoxy) is 1. The molecule has 0 saturated carbocycles. The zero-order valence-corrected chi connectivity index (χ0v) is 24.5. The SMILES string of the molecule is CC1(C)Oc2cc3ccccc3c(-c3ccc(-c4nc(-c5ccccc5)nc(-c5ccccc5)n4)cc3)c2-c2ccccc21. The Hall–Kier alpha value is -5.61. The molecule has 0 bridgehead atoms. The molecule has 0 N–H and O–H groups in total. The van der Waals surface area contributed by atoms with Crippen LogP contribution in [0.25, 0.3) is 67.2 Å². The number of nitrogens with zero attached hydrogens (tertiary/aromatic N) is 3. The molecular weight excluding hydrogens is 538 g/mol. The molecule has 0 saturated heterocycles. The van der Waals surface area contributed by atoms with Gasteiger partial charge in [0.05, 0.1) is 0 Å². The number of fused-ring (bicyclic) bond motifs is 4. The van der Waals surface area contributed by atoms with Crippen molar-refractivity contribution in [2.75, 3.05) is 0 Å². The van der Waals surface area contributed by atoms with Crippen LogP contribution in [0.1, 0.15) is 19.4 Å². The van der Waals surface area contributed by atoms with E-state index in [2.05, 4.69) is 92.7 Å². The molecule has 7 aromatic rings. The molecular formula is C40H29N3O. The van der Waals surface area contributed by atoms with Crippen LogP contribution in [0.15, 0.2) is 140 Å². The van der Waals surface area contributed by atoms with Gasteiger partial charge >= 0.3 is 0 Å². The predicted octanol–water partition coefficient (Wildman–Crippen LogP) is 9.99. The first kappa shape index (κ1) is 26.1. The Bertz CT molecular complexity index is 2100. The maximum Gasteiger partial charge on any atom is 0.164 e. The lowest BCUT2D eigenvalue weighted by Crippen LogP contribution is -2.29. The molecule has 1 aliphatic heterocycles. The zero-order chi connectivity index (χ0) is 29.7. The average molecular weight is 568 g/mol. The summed E-state index contributed by atoms with van der Waals surface area (Å²) >= 11 is 0. The minimum atomic E-state index is -0.432. The molecule has 44 heavy (non-hydrogen) atoms. The number of benzene rings is 6. The van der Waals surface area contributed by atoms with E-state index >= 15 is 0 Å². The topological polar surface area (TPSA) is 47.9 Å². The smallest absolute Gasteiger partial charge is 0.164 e. The van der Waals surface area contributed by atoms with Gasteiger partial charge in [0, 0.05) is 33.4 Å². The number of hydrogen-bond donors (Lipinski definition) is 0. The fraction of sp³-hybridized carbons (Fsp3) is 0.0750. The number of rotatable bonds is 4. The van der Waals surface area contributed by atoms with E-state index in [9.17, 15) is 0 Å². The van der Waals surface area contributed by atoms with Gasteiger partial charge in [-0.3, -0.25) is 0 Å². The third-order valence-electron chi connectivity index (χ3n) is 8.35. The van der Waals surface area contributed by atoms with Crippen LogP contribution in [0.5, 0.6) is 5.75 Å². The van der Waals surface area contributed by atoms with Gasteiger partial charge in [0.1, 0.15) is 11.4 Å². The first-order chi connectivity index (χ1) is 21.5. The molecule has 0 aliphatic carbocycles. The fourth-order valence-electron chi connectivity index (χ4n) is 6.25. The van der Waals surface area contributed by atoms with Crippen molar-refractivity contribution in [3.05, 3.63) is 145 Å². The lowest BCUT2D eigenvalue weighted by atomic mass is 9.81. The second kappa shape index (κ2) is 10.3. The van der Waals surface area contributed by atoms with Crippen molar-refractivity contribution in [3.63, 3.8) is 0 Å². The number of hydrogen-bond acceptors (Lipinski definition) is 4. The zero-order valence-electron chi connectivity index (χ0n) is 24.5. The minimum absolute atomic E-state index is 0.432. The van der Waals surface area contributed by atoms with Gasteiger partial charge in [-0.2, -0.15) is 0 Å². The van der Waals surface area contributed by atoms with Crippen LogP contribution >= 0.6 is 0 Å². The Morgan fingerprint density at radius 1 is 0.477 bits per heavy atom. The minimum Gasteiger partial charge on any atom is -0.482 e. The second-order valence-electron chi connectivity index (χ2n) is 11.6. The van der Waals surface area contributed by atoms with Crippen LogP contribution in [0.3, 0.4) is 0 Å². The van der Waals surface area contributed by atoms with E-state index in [1.165, 1.54) is 16.5 Å². The lowest BCUT2D eigenvalue weighted by Gasteiger charge is -2.36. The number of aromatic nitrogens is 3. The molecule has 8 rings (SSSR count). The third kappa shape index (κ3) is 4.43. The van der Waals surface area contributed by atoms with Crippen LogP contribution in [0, 0.1) is 0 Å². The van der Waals surface area contributed by atoms with Gasteiger partial charge in [-0.1, -0.05) is 133 Å². The normalized spacial score (nSPS) is 13.1. The summed E-state index contributed by atoms with van der Waals surface area (Å²) in [6.07, 6.45) is 0. The highest BCUT2D eigenvalue weighted by atomic mass is 16.5. The molecule has 0 fully saturated rings. The van der Waals surface area contributed by atoms with Crippen LogP contribution < -0.4 is 4.74 Å². The summed E-state index contributed by atoms with van der Waals surface area (Å²) in [5.41, 5.74) is 8.20. The molecule has 2 heterocycles. The largest absolute Gasteiger partial charge is 0.482 e. The van der Waals surface area contributed by atoms with Gasteiger partial charge in [0.2, 0.25) is 0 Å². The van der Waals surface area contributed by atoms with Crippen LogP contribution in [-0.2, 0) is 5.60 Å². The summed E-state index contributed by atoms with van der Waals surface area (Å²) in [4.78, 5) is 14.7. The van der Waals surface area contributed by atoms with Gasteiger partial charge in [-0.05, 0) is 41.8 Å². The monoisotopic (exact) mass is 567 g/mol. The summed E-state index contributed by atoms with van der Waals surface area (Å²) < 4.78 is 6.69. The molecule has 210 valence electrons. The van der Waals surface area contributed by atoms with Crippen molar-refractivity contribution < 1.29 is 4.74 Å². The van der Waals surface area contributed by atoms with E-state index < -0.39 is 5.60 Å². The predicted molar refractivity (Wildman–Crippen MR) is 178 cm³/mol. The molecule has 0 spiro atoms. The molecule has 0 atom stereocenters. The summed E-state index contributed by atoms with van der Waals surface area (Å²) in [6.45, 7) is 4.28. The first-order valence-electron chi connectivity index (χ1n) is 14.9. The molecule has 1 aromatic heterocycles. The highest BCUT2D eigenvalue weighted by Crippen LogP contribution is 2.51. The molecule has 1 aliphatic rings. The van der Waals surface area contributed by atoms with Gasteiger partial charge in [-0.25, -0.2) is 15.0 Å². The van der Waals surface area contributed by atoms with Crippen molar-refractivity contribution in [3.8, 4) is 62.2 Å². The average Bonchev–Trinajstić information content (AvgIpc) is 3.08. The molecule has 0 unspecified atom stereocenters. The van der Waals surface area contributed by atoms with E-state index in [1.807, 2.05) is 60.7 Å². The Morgan fingerprint density at radius 2 is 0.977 bits per heavy atom. The molecule has 4 heteroatoms. The summed E-state index contributed by atoms with van der Waals surface area (Å²) in [7, 11) is 0. The van der Waals surface area contributed by atoms with E-state index in [-0.39, 0.29) is 0 Å². The first-order valence-corrected chi connectivity index (χ1v) is 14.9. The van der Waals surface area contributed by atoms with Gasteiger partial charge in [-0.15, -0.1) is 0 Å². The Balaban J connectivity index is 1.30. The Kier molecular flexibility index (Phi) is 6.09. The van der Waals surface area contributed by atoms with E-state index in [0.717, 1.165) is 44.5 Å². The van der Waals surface area contributed by atoms with Crippen molar-refractivity contribution in [2.45, 2.75) is 19.4 Å². The standard InChI is InChI=1S/C40H29N3O/c1-40(2)33-20-12-11-19-32(33)36-34(44-40)25-30-17-9-10-18-31(30)35(36)26-21-23-29(24-22-26)39-42-37(27-13-5-3-6-14-27)41-38(43-39)28-15-7-4-8-16-28/h3-25H,1-2H3. The maximum absolute atomic E-state index is 6.69. The van der Waals surface area contributed by atoms with Gasteiger partial charge < -0.3 is 4.74 Å². The lowest BCUT2D eigenvalue weighted by molar-refractivity contribution is 0.106.